The summed E-state index contributed by atoms with van der Waals surface area (Å²) in [6.45, 7) is 1.42. The average Bonchev–Trinajstić information content (AvgIpc) is 3.10. The Balaban J connectivity index is 1.72. The maximum atomic E-state index is 12.4. The Bertz CT molecular complexity index is 935. The number of rotatable bonds is 5. The highest BCUT2D eigenvalue weighted by Crippen LogP contribution is 2.26. The molecule has 0 atom stereocenters. The number of aromatic nitrogens is 1. The fourth-order valence-corrected chi connectivity index (χ4v) is 3.05. The minimum absolute atomic E-state index is 0.188. The largest absolute Gasteiger partial charge is 0.497 e. The highest BCUT2D eigenvalue weighted by molar-refractivity contribution is 7.14. The molecule has 0 unspecified atom stereocenters. The lowest BCUT2D eigenvalue weighted by molar-refractivity contribution is -0.114. The molecule has 0 fully saturated rings. The van der Waals surface area contributed by atoms with Crippen LogP contribution in [0.1, 0.15) is 17.3 Å². The molecule has 2 aromatic carbocycles. The van der Waals surface area contributed by atoms with Crippen molar-refractivity contribution in [1.29, 1.82) is 0 Å². The van der Waals surface area contributed by atoms with E-state index in [1.807, 2.05) is 29.6 Å². The first kappa shape index (κ1) is 17.6. The third-order valence-electron chi connectivity index (χ3n) is 3.56. The molecular weight excluding hydrogens is 350 g/mol. The SMILES string of the molecule is COc1ccc(-c2csc(NC(=O)c3cccc(NC(C)=O)c3)n2)cc1. The first-order valence-electron chi connectivity index (χ1n) is 7.84. The standard InChI is InChI=1S/C19H17N3O3S/c1-12(23)20-15-5-3-4-14(10-15)18(24)22-19-21-17(11-26-19)13-6-8-16(25-2)9-7-13/h3-11H,1-2H3,(H,20,23)(H,21,22,24). The molecule has 3 aromatic rings. The Kier molecular flexibility index (Phi) is 5.28. The van der Waals surface area contributed by atoms with E-state index in [0.29, 0.717) is 16.4 Å². The van der Waals surface area contributed by atoms with E-state index in [4.69, 9.17) is 4.74 Å². The molecule has 0 aliphatic rings. The molecule has 3 rings (SSSR count). The van der Waals surface area contributed by atoms with Gasteiger partial charge in [0.05, 0.1) is 12.8 Å². The van der Waals surface area contributed by atoms with Crippen molar-refractivity contribution in [3.05, 3.63) is 59.5 Å². The van der Waals surface area contributed by atoms with Crippen LogP contribution in [0.3, 0.4) is 0 Å². The van der Waals surface area contributed by atoms with E-state index in [-0.39, 0.29) is 11.8 Å². The number of carbonyl (C=O) groups is 2. The number of amides is 2. The average molecular weight is 367 g/mol. The van der Waals surface area contributed by atoms with Gasteiger partial charge in [0.15, 0.2) is 5.13 Å². The molecule has 0 aliphatic carbocycles. The number of hydrogen-bond acceptors (Lipinski definition) is 5. The number of thiazole rings is 1. The summed E-state index contributed by atoms with van der Waals surface area (Å²) < 4.78 is 5.14. The van der Waals surface area contributed by atoms with Crippen molar-refractivity contribution < 1.29 is 14.3 Å². The molecule has 2 amide bonds. The van der Waals surface area contributed by atoms with Crippen LogP contribution in [0.4, 0.5) is 10.8 Å². The second kappa shape index (κ2) is 7.79. The second-order valence-electron chi connectivity index (χ2n) is 5.48. The molecule has 1 aromatic heterocycles. The van der Waals surface area contributed by atoms with Crippen molar-refractivity contribution in [3.63, 3.8) is 0 Å². The predicted octanol–water partition coefficient (Wildman–Crippen LogP) is 4.03. The fraction of sp³-hybridized carbons (Fsp3) is 0.105. The molecule has 0 saturated heterocycles. The van der Waals surface area contributed by atoms with Crippen molar-refractivity contribution in [2.45, 2.75) is 6.92 Å². The molecular formula is C19H17N3O3S. The lowest BCUT2D eigenvalue weighted by Gasteiger charge is -2.05. The van der Waals surface area contributed by atoms with Gasteiger partial charge in [-0.1, -0.05) is 6.07 Å². The van der Waals surface area contributed by atoms with Crippen LogP contribution in [-0.4, -0.2) is 23.9 Å². The van der Waals surface area contributed by atoms with E-state index in [0.717, 1.165) is 17.0 Å². The Labute approximate surface area is 154 Å². The van der Waals surface area contributed by atoms with Gasteiger partial charge in [-0.25, -0.2) is 4.98 Å². The van der Waals surface area contributed by atoms with Gasteiger partial charge in [-0.3, -0.25) is 14.9 Å². The van der Waals surface area contributed by atoms with Gasteiger partial charge in [0.1, 0.15) is 5.75 Å². The Morgan fingerprint density at radius 1 is 1.08 bits per heavy atom. The second-order valence-corrected chi connectivity index (χ2v) is 6.34. The molecule has 1 heterocycles. The van der Waals surface area contributed by atoms with Crippen molar-refractivity contribution >= 4 is 34.0 Å². The Morgan fingerprint density at radius 2 is 1.85 bits per heavy atom. The van der Waals surface area contributed by atoms with Gasteiger partial charge >= 0.3 is 0 Å². The first-order chi connectivity index (χ1) is 12.5. The van der Waals surface area contributed by atoms with E-state index >= 15 is 0 Å². The van der Waals surface area contributed by atoms with Gasteiger partial charge in [0, 0.05) is 29.1 Å². The van der Waals surface area contributed by atoms with Gasteiger partial charge in [-0.15, -0.1) is 11.3 Å². The lowest BCUT2D eigenvalue weighted by Crippen LogP contribution is -2.13. The quantitative estimate of drug-likeness (QED) is 0.713. The van der Waals surface area contributed by atoms with Gasteiger partial charge < -0.3 is 10.1 Å². The normalized spacial score (nSPS) is 10.2. The van der Waals surface area contributed by atoms with E-state index < -0.39 is 0 Å². The highest BCUT2D eigenvalue weighted by Gasteiger charge is 2.11. The number of carbonyl (C=O) groups excluding carboxylic acids is 2. The minimum Gasteiger partial charge on any atom is -0.497 e. The first-order valence-corrected chi connectivity index (χ1v) is 8.72. The van der Waals surface area contributed by atoms with Crippen molar-refractivity contribution in [2.75, 3.05) is 17.7 Å². The molecule has 26 heavy (non-hydrogen) atoms. The molecule has 0 saturated carbocycles. The third-order valence-corrected chi connectivity index (χ3v) is 4.31. The summed E-state index contributed by atoms with van der Waals surface area (Å²) in [6, 6.07) is 14.3. The molecule has 2 N–H and O–H groups in total. The fourth-order valence-electron chi connectivity index (χ4n) is 2.34. The molecule has 0 aliphatic heterocycles. The number of nitrogens with zero attached hydrogens (tertiary/aromatic N) is 1. The molecule has 6 nitrogen and oxygen atoms in total. The lowest BCUT2D eigenvalue weighted by atomic mass is 10.2. The Hall–Kier alpha value is -3.19. The predicted molar refractivity (Wildman–Crippen MR) is 103 cm³/mol. The molecule has 7 heteroatoms. The summed E-state index contributed by atoms with van der Waals surface area (Å²) in [5, 5.41) is 7.82. The van der Waals surface area contributed by atoms with Gasteiger partial charge in [-0.2, -0.15) is 0 Å². The number of methoxy groups -OCH3 is 1. The maximum absolute atomic E-state index is 12.4. The van der Waals surface area contributed by atoms with Crippen molar-refractivity contribution in [2.24, 2.45) is 0 Å². The molecule has 0 spiro atoms. The van der Waals surface area contributed by atoms with Gasteiger partial charge in [-0.05, 0) is 42.5 Å². The van der Waals surface area contributed by atoms with Crippen LogP contribution in [0.2, 0.25) is 0 Å². The number of hydrogen-bond donors (Lipinski definition) is 2. The smallest absolute Gasteiger partial charge is 0.257 e. The summed E-state index contributed by atoms with van der Waals surface area (Å²) in [4.78, 5) is 28.0. The summed E-state index contributed by atoms with van der Waals surface area (Å²) in [5.74, 6) is 0.302. The van der Waals surface area contributed by atoms with Gasteiger partial charge in [0.2, 0.25) is 5.91 Å². The summed E-state index contributed by atoms with van der Waals surface area (Å²) in [5.41, 5.74) is 2.73. The zero-order valence-electron chi connectivity index (χ0n) is 14.3. The molecule has 0 bridgehead atoms. The summed E-state index contributed by atoms with van der Waals surface area (Å²) in [7, 11) is 1.62. The third kappa shape index (κ3) is 4.25. The van der Waals surface area contributed by atoms with E-state index in [9.17, 15) is 9.59 Å². The van der Waals surface area contributed by atoms with Crippen LogP contribution < -0.4 is 15.4 Å². The molecule has 0 radical (unpaired) electrons. The van der Waals surface area contributed by atoms with Crippen LogP contribution in [0.15, 0.2) is 53.9 Å². The van der Waals surface area contributed by atoms with Crippen molar-refractivity contribution in [3.8, 4) is 17.0 Å². The Morgan fingerprint density at radius 3 is 2.54 bits per heavy atom. The maximum Gasteiger partial charge on any atom is 0.257 e. The van der Waals surface area contributed by atoms with Crippen molar-refractivity contribution in [1.82, 2.24) is 4.98 Å². The van der Waals surface area contributed by atoms with Crippen LogP contribution in [-0.2, 0) is 4.79 Å². The minimum atomic E-state index is -0.284. The van der Waals surface area contributed by atoms with E-state index in [1.54, 1.807) is 31.4 Å². The van der Waals surface area contributed by atoms with Crippen LogP contribution in [0.5, 0.6) is 5.75 Å². The number of benzene rings is 2. The monoisotopic (exact) mass is 367 g/mol. The van der Waals surface area contributed by atoms with Crippen LogP contribution in [0.25, 0.3) is 11.3 Å². The number of anilines is 2. The number of ether oxygens (including phenoxy) is 1. The van der Waals surface area contributed by atoms with Gasteiger partial charge in [0.25, 0.3) is 5.91 Å². The molecule has 132 valence electrons. The summed E-state index contributed by atoms with van der Waals surface area (Å²) in [6.07, 6.45) is 0. The van der Waals surface area contributed by atoms with E-state index in [1.165, 1.54) is 18.3 Å². The zero-order valence-corrected chi connectivity index (χ0v) is 15.1. The highest BCUT2D eigenvalue weighted by atomic mass is 32.1. The van der Waals surface area contributed by atoms with Crippen LogP contribution in [0, 0.1) is 0 Å². The summed E-state index contributed by atoms with van der Waals surface area (Å²) >= 11 is 1.35. The van der Waals surface area contributed by atoms with E-state index in [2.05, 4.69) is 15.6 Å². The topological polar surface area (TPSA) is 80.3 Å². The number of nitrogens with one attached hydrogen (secondary N) is 2. The van der Waals surface area contributed by atoms with Crippen LogP contribution >= 0.6 is 11.3 Å². The zero-order chi connectivity index (χ0) is 18.5.